The third-order valence-electron chi connectivity index (χ3n) is 3.95. The molecular formula is C15H20N2O3. The van der Waals surface area contributed by atoms with Crippen molar-refractivity contribution in [3.63, 3.8) is 0 Å². The highest BCUT2D eigenvalue weighted by Gasteiger charge is 2.22. The fourth-order valence-corrected chi connectivity index (χ4v) is 2.81. The zero-order chi connectivity index (χ0) is 13.9. The highest BCUT2D eigenvalue weighted by Crippen LogP contribution is 2.37. The lowest BCUT2D eigenvalue weighted by Gasteiger charge is -2.23. The maximum atomic E-state index is 12.2. The van der Waals surface area contributed by atoms with Crippen LogP contribution in [0.4, 0.5) is 11.4 Å². The summed E-state index contributed by atoms with van der Waals surface area (Å²) in [6.07, 6.45) is 5.44. The second kappa shape index (κ2) is 5.61. The summed E-state index contributed by atoms with van der Waals surface area (Å²) in [5.41, 5.74) is 7.10. The molecule has 1 aromatic carbocycles. The van der Waals surface area contributed by atoms with Gasteiger partial charge in [-0.15, -0.1) is 0 Å². The fraction of sp³-hybridized carbons (Fsp3) is 0.533. The first-order valence-electron chi connectivity index (χ1n) is 7.24. The summed E-state index contributed by atoms with van der Waals surface area (Å²) in [6, 6.07) is 3.47. The molecule has 3 rings (SSSR count). The van der Waals surface area contributed by atoms with E-state index in [0.717, 1.165) is 25.7 Å². The molecule has 0 unspecified atom stereocenters. The maximum Gasteiger partial charge on any atom is 0.227 e. The number of hydrogen-bond acceptors (Lipinski definition) is 4. The van der Waals surface area contributed by atoms with Crippen molar-refractivity contribution in [1.29, 1.82) is 0 Å². The van der Waals surface area contributed by atoms with E-state index in [4.69, 9.17) is 15.2 Å². The Kier molecular flexibility index (Phi) is 3.67. The molecule has 108 valence electrons. The van der Waals surface area contributed by atoms with E-state index in [-0.39, 0.29) is 11.8 Å². The number of carbonyl (C=O) groups excluding carboxylic acids is 1. The van der Waals surface area contributed by atoms with E-state index in [9.17, 15) is 4.79 Å². The van der Waals surface area contributed by atoms with Crippen LogP contribution in [0.25, 0.3) is 0 Å². The number of benzene rings is 1. The number of rotatable bonds is 2. The van der Waals surface area contributed by atoms with E-state index < -0.39 is 0 Å². The molecule has 0 saturated heterocycles. The topological polar surface area (TPSA) is 73.6 Å². The number of nitrogen functional groups attached to an aromatic ring is 1. The van der Waals surface area contributed by atoms with Crippen LogP contribution in [0.1, 0.15) is 32.1 Å². The standard InChI is InChI=1S/C15H20N2O3/c16-11-8-13-14(20-7-6-19-13)9-12(11)17-15(18)10-4-2-1-3-5-10/h8-10H,1-7,16H2,(H,17,18). The number of nitrogens with two attached hydrogens (primary N) is 1. The molecule has 0 bridgehead atoms. The van der Waals surface area contributed by atoms with Crippen LogP contribution in [0.2, 0.25) is 0 Å². The minimum absolute atomic E-state index is 0.0630. The number of ether oxygens (including phenoxy) is 2. The predicted molar refractivity (Wildman–Crippen MR) is 77.0 cm³/mol. The summed E-state index contributed by atoms with van der Waals surface area (Å²) in [6.45, 7) is 1.05. The van der Waals surface area contributed by atoms with E-state index in [1.807, 2.05) is 0 Å². The Bertz CT molecular complexity index is 510. The Balaban J connectivity index is 1.74. The zero-order valence-corrected chi connectivity index (χ0v) is 11.5. The smallest absolute Gasteiger partial charge is 0.227 e. The van der Waals surface area contributed by atoms with Crippen molar-refractivity contribution in [1.82, 2.24) is 0 Å². The third kappa shape index (κ3) is 2.66. The van der Waals surface area contributed by atoms with Gasteiger partial charge >= 0.3 is 0 Å². The van der Waals surface area contributed by atoms with Crippen molar-refractivity contribution in [3.05, 3.63) is 12.1 Å². The number of hydrogen-bond donors (Lipinski definition) is 2. The van der Waals surface area contributed by atoms with Crippen molar-refractivity contribution in [2.45, 2.75) is 32.1 Å². The lowest BCUT2D eigenvalue weighted by molar-refractivity contribution is -0.120. The quantitative estimate of drug-likeness (QED) is 0.814. The van der Waals surface area contributed by atoms with Gasteiger partial charge in [-0.05, 0) is 12.8 Å². The van der Waals surface area contributed by atoms with Crippen molar-refractivity contribution in [3.8, 4) is 11.5 Å². The van der Waals surface area contributed by atoms with Crippen molar-refractivity contribution in [2.24, 2.45) is 5.92 Å². The molecule has 0 aromatic heterocycles. The van der Waals surface area contributed by atoms with Gasteiger partial charge in [0, 0.05) is 18.1 Å². The molecule has 20 heavy (non-hydrogen) atoms. The number of amides is 1. The monoisotopic (exact) mass is 276 g/mol. The van der Waals surface area contributed by atoms with Gasteiger partial charge in [-0.3, -0.25) is 4.79 Å². The molecule has 3 N–H and O–H groups in total. The van der Waals surface area contributed by atoms with Crippen LogP contribution in [0, 0.1) is 5.92 Å². The summed E-state index contributed by atoms with van der Waals surface area (Å²) in [7, 11) is 0. The number of anilines is 2. The first kappa shape index (κ1) is 13.1. The second-order valence-corrected chi connectivity index (χ2v) is 5.41. The van der Waals surface area contributed by atoms with Crippen LogP contribution in [0.15, 0.2) is 12.1 Å². The van der Waals surface area contributed by atoms with Gasteiger partial charge < -0.3 is 20.5 Å². The molecule has 1 aromatic rings. The molecule has 1 heterocycles. The van der Waals surface area contributed by atoms with Crippen LogP contribution < -0.4 is 20.5 Å². The molecule has 0 spiro atoms. The van der Waals surface area contributed by atoms with Gasteiger partial charge in [-0.2, -0.15) is 0 Å². The Morgan fingerprint density at radius 2 is 1.75 bits per heavy atom. The van der Waals surface area contributed by atoms with Gasteiger partial charge in [0.25, 0.3) is 0 Å². The third-order valence-corrected chi connectivity index (χ3v) is 3.95. The highest BCUT2D eigenvalue weighted by molar-refractivity contribution is 5.96. The highest BCUT2D eigenvalue weighted by atomic mass is 16.6. The zero-order valence-electron chi connectivity index (χ0n) is 11.5. The lowest BCUT2D eigenvalue weighted by atomic mass is 9.88. The van der Waals surface area contributed by atoms with Crippen molar-refractivity contribution >= 4 is 17.3 Å². The molecule has 5 heteroatoms. The predicted octanol–water partition coefficient (Wildman–Crippen LogP) is 2.56. The number of carbonyl (C=O) groups is 1. The molecule has 5 nitrogen and oxygen atoms in total. The molecule has 1 saturated carbocycles. The molecule has 0 atom stereocenters. The molecule has 1 aliphatic carbocycles. The summed E-state index contributed by atoms with van der Waals surface area (Å²) in [5, 5.41) is 2.93. The first-order chi connectivity index (χ1) is 9.74. The fourth-order valence-electron chi connectivity index (χ4n) is 2.81. The molecule has 1 fully saturated rings. The molecule has 1 amide bonds. The van der Waals surface area contributed by atoms with Crippen molar-refractivity contribution < 1.29 is 14.3 Å². The lowest BCUT2D eigenvalue weighted by Crippen LogP contribution is -2.25. The molecular weight excluding hydrogens is 256 g/mol. The average Bonchev–Trinajstić information content (AvgIpc) is 2.49. The Hall–Kier alpha value is -1.91. The second-order valence-electron chi connectivity index (χ2n) is 5.41. The van der Waals surface area contributed by atoms with E-state index in [2.05, 4.69) is 5.32 Å². The molecule has 2 aliphatic rings. The van der Waals surface area contributed by atoms with Gasteiger partial charge in [-0.1, -0.05) is 19.3 Å². The first-order valence-corrected chi connectivity index (χ1v) is 7.24. The minimum Gasteiger partial charge on any atom is -0.486 e. The largest absolute Gasteiger partial charge is 0.486 e. The van der Waals surface area contributed by atoms with E-state index >= 15 is 0 Å². The summed E-state index contributed by atoms with van der Waals surface area (Å²) in [5.74, 6) is 1.46. The van der Waals surface area contributed by atoms with Crippen LogP contribution in [-0.4, -0.2) is 19.1 Å². The van der Waals surface area contributed by atoms with Crippen LogP contribution in [-0.2, 0) is 4.79 Å². The van der Waals surface area contributed by atoms with Gasteiger partial charge in [0.05, 0.1) is 11.4 Å². The van der Waals surface area contributed by atoms with Gasteiger partial charge in [-0.25, -0.2) is 0 Å². The Morgan fingerprint density at radius 1 is 1.10 bits per heavy atom. The normalized spacial score (nSPS) is 18.6. The SMILES string of the molecule is Nc1cc2c(cc1NC(=O)C1CCCCC1)OCCO2. The van der Waals surface area contributed by atoms with Gasteiger partial charge in [0.15, 0.2) is 11.5 Å². The summed E-state index contributed by atoms with van der Waals surface area (Å²) < 4.78 is 11.0. The average molecular weight is 276 g/mol. The van der Waals surface area contributed by atoms with Crippen molar-refractivity contribution in [2.75, 3.05) is 24.3 Å². The van der Waals surface area contributed by atoms with Crippen LogP contribution in [0.3, 0.4) is 0 Å². The minimum atomic E-state index is 0.0630. The van der Waals surface area contributed by atoms with Gasteiger partial charge in [0.1, 0.15) is 13.2 Å². The van der Waals surface area contributed by atoms with Crippen LogP contribution >= 0.6 is 0 Å². The Morgan fingerprint density at radius 3 is 2.45 bits per heavy atom. The van der Waals surface area contributed by atoms with E-state index in [0.29, 0.717) is 36.1 Å². The number of fused-ring (bicyclic) bond motifs is 1. The molecule has 1 aliphatic heterocycles. The summed E-state index contributed by atoms with van der Waals surface area (Å²) in [4.78, 5) is 12.2. The Labute approximate surface area is 118 Å². The maximum absolute atomic E-state index is 12.2. The number of nitrogens with one attached hydrogen (secondary N) is 1. The van der Waals surface area contributed by atoms with E-state index in [1.54, 1.807) is 12.1 Å². The summed E-state index contributed by atoms with van der Waals surface area (Å²) >= 11 is 0. The van der Waals surface area contributed by atoms with E-state index in [1.165, 1.54) is 6.42 Å². The van der Waals surface area contributed by atoms with Crippen LogP contribution in [0.5, 0.6) is 11.5 Å². The van der Waals surface area contributed by atoms with Gasteiger partial charge in [0.2, 0.25) is 5.91 Å². The molecule has 0 radical (unpaired) electrons.